The fourth-order valence-corrected chi connectivity index (χ4v) is 3.16. The third-order valence-corrected chi connectivity index (χ3v) is 4.61. The fourth-order valence-electron chi connectivity index (χ4n) is 2.23. The summed E-state index contributed by atoms with van der Waals surface area (Å²) in [5.74, 6) is 0.768. The normalized spacial score (nSPS) is 12.4. The number of hydrogen-bond donors (Lipinski definition) is 1. The standard InChI is InChI=1S/C16H23N3S/c1-3-5-14(4-2)8-9-17-12-15-6-7-16(20-15)19-11-10-18-13-19/h3,6-7,10-11,13-14,17H,1,4-5,8-9,12H2,2H3. The van der Waals surface area contributed by atoms with Crippen LogP contribution in [0.5, 0.6) is 0 Å². The predicted molar refractivity (Wildman–Crippen MR) is 86.4 cm³/mol. The van der Waals surface area contributed by atoms with Gasteiger partial charge in [0.25, 0.3) is 0 Å². The Morgan fingerprint density at radius 2 is 2.40 bits per heavy atom. The van der Waals surface area contributed by atoms with Gasteiger partial charge in [0.15, 0.2) is 0 Å². The number of aromatic nitrogens is 2. The van der Waals surface area contributed by atoms with E-state index in [2.05, 4.69) is 35.9 Å². The van der Waals surface area contributed by atoms with Crippen molar-refractivity contribution >= 4 is 11.3 Å². The van der Waals surface area contributed by atoms with Crippen LogP contribution in [0.15, 0.2) is 43.5 Å². The van der Waals surface area contributed by atoms with Crippen LogP contribution in [0.3, 0.4) is 0 Å². The van der Waals surface area contributed by atoms with Crippen LogP contribution in [0.1, 0.15) is 31.1 Å². The highest BCUT2D eigenvalue weighted by Crippen LogP contribution is 2.20. The van der Waals surface area contributed by atoms with Gasteiger partial charge in [-0.1, -0.05) is 19.4 Å². The average molecular weight is 289 g/mol. The summed E-state index contributed by atoms with van der Waals surface area (Å²) in [4.78, 5) is 5.44. The van der Waals surface area contributed by atoms with Crippen molar-refractivity contribution in [1.82, 2.24) is 14.9 Å². The first-order valence-corrected chi connectivity index (χ1v) is 8.03. The van der Waals surface area contributed by atoms with Crippen molar-refractivity contribution in [2.24, 2.45) is 5.92 Å². The van der Waals surface area contributed by atoms with Crippen LogP contribution >= 0.6 is 11.3 Å². The zero-order valence-electron chi connectivity index (χ0n) is 12.1. The van der Waals surface area contributed by atoms with Crippen LogP contribution in [-0.2, 0) is 6.54 Å². The number of thiophene rings is 1. The highest BCUT2D eigenvalue weighted by Gasteiger charge is 2.04. The van der Waals surface area contributed by atoms with E-state index < -0.39 is 0 Å². The van der Waals surface area contributed by atoms with Gasteiger partial charge < -0.3 is 5.32 Å². The summed E-state index contributed by atoms with van der Waals surface area (Å²) in [6.45, 7) is 8.10. The first kappa shape index (κ1) is 15.0. The summed E-state index contributed by atoms with van der Waals surface area (Å²) in [5.41, 5.74) is 0. The van der Waals surface area contributed by atoms with Crippen LogP contribution < -0.4 is 5.32 Å². The molecule has 0 aliphatic carbocycles. The molecule has 4 heteroatoms. The second-order valence-electron chi connectivity index (χ2n) is 4.97. The zero-order valence-corrected chi connectivity index (χ0v) is 12.9. The monoisotopic (exact) mass is 289 g/mol. The van der Waals surface area contributed by atoms with E-state index in [1.54, 1.807) is 0 Å². The summed E-state index contributed by atoms with van der Waals surface area (Å²) in [5, 5.41) is 4.75. The molecule has 2 aromatic heterocycles. The molecule has 0 saturated carbocycles. The number of rotatable bonds is 9. The second-order valence-corrected chi connectivity index (χ2v) is 6.12. The quantitative estimate of drug-likeness (QED) is 0.558. The molecule has 1 unspecified atom stereocenters. The Morgan fingerprint density at radius 3 is 3.10 bits per heavy atom. The van der Waals surface area contributed by atoms with E-state index in [-0.39, 0.29) is 0 Å². The lowest BCUT2D eigenvalue weighted by Crippen LogP contribution is -2.16. The zero-order chi connectivity index (χ0) is 14.2. The molecule has 1 N–H and O–H groups in total. The SMILES string of the molecule is C=CCC(CC)CCNCc1ccc(-n2ccnc2)s1. The van der Waals surface area contributed by atoms with E-state index in [1.807, 2.05) is 40.7 Å². The van der Waals surface area contributed by atoms with Gasteiger partial charge >= 0.3 is 0 Å². The number of nitrogens with zero attached hydrogens (tertiary/aromatic N) is 2. The van der Waals surface area contributed by atoms with Crippen LogP contribution in [0.2, 0.25) is 0 Å². The molecule has 0 aliphatic rings. The number of imidazole rings is 1. The van der Waals surface area contributed by atoms with E-state index in [0.717, 1.165) is 25.4 Å². The van der Waals surface area contributed by atoms with Gasteiger partial charge in [0.2, 0.25) is 0 Å². The van der Waals surface area contributed by atoms with Gasteiger partial charge in [0, 0.05) is 23.8 Å². The molecule has 0 saturated heterocycles. The molecule has 3 nitrogen and oxygen atoms in total. The van der Waals surface area contributed by atoms with Gasteiger partial charge in [-0.2, -0.15) is 0 Å². The van der Waals surface area contributed by atoms with Crippen LogP contribution in [0.25, 0.3) is 5.00 Å². The molecule has 2 rings (SSSR count). The minimum absolute atomic E-state index is 0.768. The Kier molecular flexibility index (Phi) is 6.02. The first-order valence-electron chi connectivity index (χ1n) is 7.22. The summed E-state index contributed by atoms with van der Waals surface area (Å²) in [6.07, 6.45) is 11.2. The molecule has 108 valence electrons. The Balaban J connectivity index is 1.73. The van der Waals surface area contributed by atoms with Gasteiger partial charge in [0.1, 0.15) is 5.00 Å². The van der Waals surface area contributed by atoms with Gasteiger partial charge in [-0.05, 0) is 37.4 Å². The maximum atomic E-state index is 4.08. The van der Waals surface area contributed by atoms with Crippen molar-refractivity contribution < 1.29 is 0 Å². The molecular weight excluding hydrogens is 266 g/mol. The molecule has 2 heterocycles. The maximum absolute atomic E-state index is 4.08. The lowest BCUT2D eigenvalue weighted by molar-refractivity contribution is 0.456. The number of allylic oxidation sites excluding steroid dienone is 1. The van der Waals surface area contributed by atoms with Gasteiger partial charge in [-0.3, -0.25) is 4.57 Å². The largest absolute Gasteiger partial charge is 0.312 e. The average Bonchev–Trinajstić information content (AvgIpc) is 3.12. The summed E-state index contributed by atoms with van der Waals surface area (Å²) >= 11 is 1.81. The Hall–Kier alpha value is -1.39. The number of hydrogen-bond acceptors (Lipinski definition) is 3. The van der Waals surface area contributed by atoms with E-state index in [0.29, 0.717) is 0 Å². The third-order valence-electron chi connectivity index (χ3n) is 3.51. The highest BCUT2D eigenvalue weighted by atomic mass is 32.1. The van der Waals surface area contributed by atoms with Crippen LogP contribution in [0, 0.1) is 5.92 Å². The Labute approximate surface area is 125 Å². The van der Waals surface area contributed by atoms with Gasteiger partial charge in [-0.15, -0.1) is 17.9 Å². The van der Waals surface area contributed by atoms with E-state index >= 15 is 0 Å². The van der Waals surface area contributed by atoms with E-state index in [4.69, 9.17) is 0 Å². The topological polar surface area (TPSA) is 29.9 Å². The fraction of sp³-hybridized carbons (Fsp3) is 0.438. The molecule has 0 aromatic carbocycles. The smallest absolute Gasteiger partial charge is 0.100 e. The van der Waals surface area contributed by atoms with Crippen molar-refractivity contribution in [3.63, 3.8) is 0 Å². The lowest BCUT2D eigenvalue weighted by atomic mass is 9.99. The molecule has 0 bridgehead atoms. The van der Waals surface area contributed by atoms with Crippen molar-refractivity contribution in [1.29, 1.82) is 0 Å². The van der Waals surface area contributed by atoms with E-state index in [9.17, 15) is 0 Å². The lowest BCUT2D eigenvalue weighted by Gasteiger charge is -2.12. The summed E-state index contributed by atoms with van der Waals surface area (Å²) in [6, 6.07) is 4.34. The highest BCUT2D eigenvalue weighted by molar-refractivity contribution is 7.14. The molecule has 0 radical (unpaired) electrons. The van der Waals surface area contributed by atoms with Crippen LogP contribution in [-0.4, -0.2) is 16.1 Å². The molecule has 0 spiro atoms. The molecule has 0 amide bonds. The maximum Gasteiger partial charge on any atom is 0.100 e. The second kappa shape index (κ2) is 8.02. The van der Waals surface area contributed by atoms with E-state index in [1.165, 1.54) is 22.7 Å². The molecule has 2 aromatic rings. The minimum atomic E-state index is 0.768. The molecule has 1 atom stereocenters. The van der Waals surface area contributed by atoms with Gasteiger partial charge in [0.05, 0.1) is 6.33 Å². The van der Waals surface area contributed by atoms with Crippen LogP contribution in [0.4, 0.5) is 0 Å². The molecule has 0 fully saturated rings. The molecule has 0 aliphatic heterocycles. The number of nitrogens with one attached hydrogen (secondary N) is 1. The Bertz CT molecular complexity index is 502. The summed E-state index contributed by atoms with van der Waals surface area (Å²) < 4.78 is 2.05. The van der Waals surface area contributed by atoms with Gasteiger partial charge in [-0.25, -0.2) is 4.98 Å². The predicted octanol–water partition coefficient (Wildman–Crippen LogP) is 4.02. The summed E-state index contributed by atoms with van der Waals surface area (Å²) in [7, 11) is 0. The Morgan fingerprint density at radius 1 is 1.50 bits per heavy atom. The van der Waals surface area contributed by atoms with Crippen molar-refractivity contribution in [3.8, 4) is 5.00 Å². The van der Waals surface area contributed by atoms with Crippen molar-refractivity contribution in [2.75, 3.05) is 6.54 Å². The minimum Gasteiger partial charge on any atom is -0.312 e. The van der Waals surface area contributed by atoms with Crippen molar-refractivity contribution in [3.05, 3.63) is 48.4 Å². The molecular formula is C16H23N3S. The third kappa shape index (κ3) is 4.32. The molecule has 20 heavy (non-hydrogen) atoms. The first-order chi connectivity index (χ1) is 9.83. The van der Waals surface area contributed by atoms with Crippen molar-refractivity contribution in [2.45, 2.75) is 32.7 Å².